The third kappa shape index (κ3) is 2.88. The number of rotatable bonds is 3. The Hall–Kier alpha value is -2.14. The van der Waals surface area contributed by atoms with Crippen molar-refractivity contribution in [1.29, 1.82) is 0 Å². The third-order valence-corrected chi connectivity index (χ3v) is 3.41. The largest absolute Gasteiger partial charge is 0.351 e. The molecule has 1 aliphatic rings. The van der Waals surface area contributed by atoms with Gasteiger partial charge in [0.25, 0.3) is 0 Å². The van der Waals surface area contributed by atoms with E-state index in [1.807, 2.05) is 0 Å². The Morgan fingerprint density at radius 3 is 2.50 bits per heavy atom. The van der Waals surface area contributed by atoms with Crippen LogP contribution in [0, 0.1) is 6.92 Å². The molecule has 5 heteroatoms. The molecule has 0 saturated carbocycles. The highest BCUT2D eigenvalue weighted by molar-refractivity contribution is 5.68. The summed E-state index contributed by atoms with van der Waals surface area (Å²) in [7, 11) is 0. The minimum absolute atomic E-state index is 0.818. The van der Waals surface area contributed by atoms with Gasteiger partial charge in [0.2, 0.25) is 0 Å². The van der Waals surface area contributed by atoms with Crippen molar-refractivity contribution in [2.75, 3.05) is 36.4 Å². The maximum absolute atomic E-state index is 4.49. The van der Waals surface area contributed by atoms with E-state index in [2.05, 4.69) is 56.7 Å². The number of aryl methyl sites for hydroxylation is 1. The van der Waals surface area contributed by atoms with Gasteiger partial charge in [0.05, 0.1) is 0 Å². The molecule has 0 radical (unpaired) electrons. The summed E-state index contributed by atoms with van der Waals surface area (Å²) in [5.41, 5.74) is 2.28. The van der Waals surface area contributed by atoms with Crippen LogP contribution in [0.15, 0.2) is 36.7 Å². The number of aromatic nitrogens is 2. The summed E-state index contributed by atoms with van der Waals surface area (Å²) in [6.07, 6.45) is 3.47. The second-order valence-corrected chi connectivity index (χ2v) is 4.96. The monoisotopic (exact) mass is 269 g/mol. The van der Waals surface area contributed by atoms with E-state index in [0.29, 0.717) is 0 Å². The van der Waals surface area contributed by atoms with Crippen LogP contribution < -0.4 is 15.5 Å². The lowest BCUT2D eigenvalue weighted by molar-refractivity contribution is 0.585. The molecule has 1 saturated heterocycles. The molecule has 1 fully saturated rings. The Kier molecular flexibility index (Phi) is 3.78. The molecule has 0 aliphatic carbocycles. The van der Waals surface area contributed by atoms with E-state index in [-0.39, 0.29) is 0 Å². The number of hydrogen-bond acceptors (Lipinski definition) is 5. The lowest BCUT2D eigenvalue weighted by atomic mass is 10.2. The topological polar surface area (TPSA) is 53.1 Å². The molecule has 1 aromatic carbocycles. The average Bonchev–Trinajstić information content (AvgIpc) is 2.51. The molecule has 0 bridgehead atoms. The number of benzene rings is 1. The van der Waals surface area contributed by atoms with E-state index in [1.165, 1.54) is 5.56 Å². The molecule has 20 heavy (non-hydrogen) atoms. The van der Waals surface area contributed by atoms with Crippen LogP contribution >= 0.6 is 0 Å². The van der Waals surface area contributed by atoms with Crippen LogP contribution in [0.4, 0.5) is 17.3 Å². The molecule has 0 amide bonds. The fraction of sp³-hybridized carbons (Fsp3) is 0.333. The Bertz CT molecular complexity index is 561. The van der Waals surface area contributed by atoms with Crippen molar-refractivity contribution in [3.63, 3.8) is 0 Å². The summed E-state index contributed by atoms with van der Waals surface area (Å²) in [5.74, 6) is 1.74. The minimum Gasteiger partial charge on any atom is -0.351 e. The molecule has 0 spiro atoms. The van der Waals surface area contributed by atoms with Gasteiger partial charge in [0, 0.05) is 44.3 Å². The van der Waals surface area contributed by atoms with Crippen molar-refractivity contribution in [2.24, 2.45) is 0 Å². The molecule has 3 rings (SSSR count). The first-order valence-corrected chi connectivity index (χ1v) is 6.93. The molecule has 1 aliphatic heterocycles. The quantitative estimate of drug-likeness (QED) is 0.892. The van der Waals surface area contributed by atoms with E-state index in [4.69, 9.17) is 0 Å². The Labute approximate surface area is 119 Å². The van der Waals surface area contributed by atoms with Crippen LogP contribution in [0.25, 0.3) is 0 Å². The van der Waals surface area contributed by atoms with Crippen molar-refractivity contribution in [1.82, 2.24) is 15.3 Å². The fourth-order valence-electron chi connectivity index (χ4n) is 2.30. The van der Waals surface area contributed by atoms with Crippen molar-refractivity contribution in [3.05, 3.63) is 42.2 Å². The van der Waals surface area contributed by atoms with E-state index >= 15 is 0 Å². The van der Waals surface area contributed by atoms with Crippen molar-refractivity contribution < 1.29 is 0 Å². The van der Waals surface area contributed by atoms with Gasteiger partial charge in [0.15, 0.2) is 11.6 Å². The first kappa shape index (κ1) is 12.9. The first-order valence-electron chi connectivity index (χ1n) is 6.93. The fourth-order valence-corrected chi connectivity index (χ4v) is 2.30. The second kappa shape index (κ2) is 5.88. The molecular formula is C15H19N5. The van der Waals surface area contributed by atoms with Gasteiger partial charge in [-0.05, 0) is 19.1 Å². The first-order chi connectivity index (χ1) is 9.83. The molecule has 0 unspecified atom stereocenters. The van der Waals surface area contributed by atoms with Gasteiger partial charge >= 0.3 is 0 Å². The van der Waals surface area contributed by atoms with Crippen molar-refractivity contribution >= 4 is 17.3 Å². The van der Waals surface area contributed by atoms with E-state index in [0.717, 1.165) is 43.5 Å². The van der Waals surface area contributed by atoms with Gasteiger partial charge in [-0.3, -0.25) is 0 Å². The summed E-state index contributed by atoms with van der Waals surface area (Å²) in [6.45, 7) is 5.97. The normalized spacial score (nSPS) is 15.2. The molecule has 1 aromatic heterocycles. The van der Waals surface area contributed by atoms with Gasteiger partial charge in [0.1, 0.15) is 0 Å². The highest BCUT2D eigenvalue weighted by Gasteiger charge is 2.16. The summed E-state index contributed by atoms with van der Waals surface area (Å²) in [4.78, 5) is 11.2. The van der Waals surface area contributed by atoms with Crippen LogP contribution in [0.1, 0.15) is 5.56 Å². The van der Waals surface area contributed by atoms with Gasteiger partial charge in [-0.25, -0.2) is 9.97 Å². The van der Waals surface area contributed by atoms with Crippen LogP contribution in [0.3, 0.4) is 0 Å². The molecule has 2 N–H and O–H groups in total. The zero-order chi connectivity index (χ0) is 13.8. The lowest BCUT2D eigenvalue weighted by Crippen LogP contribution is -2.44. The second-order valence-electron chi connectivity index (χ2n) is 4.96. The van der Waals surface area contributed by atoms with Crippen molar-refractivity contribution in [2.45, 2.75) is 6.92 Å². The summed E-state index contributed by atoms with van der Waals surface area (Å²) >= 11 is 0. The number of hydrogen-bond donors (Lipinski definition) is 2. The Balaban J connectivity index is 1.83. The average molecular weight is 269 g/mol. The lowest BCUT2D eigenvalue weighted by Gasteiger charge is -2.29. The third-order valence-electron chi connectivity index (χ3n) is 3.41. The zero-order valence-electron chi connectivity index (χ0n) is 11.6. The molecule has 104 valence electrons. The van der Waals surface area contributed by atoms with Crippen LogP contribution in [0.5, 0.6) is 0 Å². The minimum atomic E-state index is 0.818. The standard InChI is InChI=1S/C15H19N5/c1-12-2-4-13(5-3-12)19-14-15(18-7-6-17-14)20-10-8-16-9-11-20/h2-7,16H,8-11H2,1H3,(H,17,19). The summed E-state index contributed by atoms with van der Waals surface area (Å²) in [6, 6.07) is 8.30. The number of anilines is 3. The van der Waals surface area contributed by atoms with Gasteiger partial charge in [-0.15, -0.1) is 0 Å². The SMILES string of the molecule is Cc1ccc(Nc2nccnc2N2CCNCC2)cc1. The highest BCUT2D eigenvalue weighted by Crippen LogP contribution is 2.24. The molecule has 0 atom stereocenters. The number of nitrogens with one attached hydrogen (secondary N) is 2. The maximum Gasteiger partial charge on any atom is 0.173 e. The molecule has 2 heterocycles. The maximum atomic E-state index is 4.49. The van der Waals surface area contributed by atoms with E-state index < -0.39 is 0 Å². The predicted molar refractivity (Wildman–Crippen MR) is 81.6 cm³/mol. The number of nitrogens with zero attached hydrogens (tertiary/aromatic N) is 3. The van der Waals surface area contributed by atoms with Crippen LogP contribution in [-0.2, 0) is 0 Å². The molecular weight excluding hydrogens is 250 g/mol. The van der Waals surface area contributed by atoms with E-state index in [1.54, 1.807) is 12.4 Å². The van der Waals surface area contributed by atoms with Gasteiger partial charge in [-0.2, -0.15) is 0 Å². The number of piperazine rings is 1. The molecule has 2 aromatic rings. The van der Waals surface area contributed by atoms with Crippen molar-refractivity contribution in [3.8, 4) is 0 Å². The Morgan fingerprint density at radius 2 is 1.75 bits per heavy atom. The smallest absolute Gasteiger partial charge is 0.173 e. The zero-order valence-corrected chi connectivity index (χ0v) is 11.6. The summed E-state index contributed by atoms with van der Waals surface area (Å²) < 4.78 is 0. The molecule has 5 nitrogen and oxygen atoms in total. The van der Waals surface area contributed by atoms with Crippen LogP contribution in [-0.4, -0.2) is 36.1 Å². The van der Waals surface area contributed by atoms with Crippen LogP contribution in [0.2, 0.25) is 0 Å². The van der Waals surface area contributed by atoms with E-state index in [9.17, 15) is 0 Å². The van der Waals surface area contributed by atoms with Gasteiger partial charge in [-0.1, -0.05) is 17.7 Å². The highest BCUT2D eigenvalue weighted by atomic mass is 15.3. The summed E-state index contributed by atoms with van der Waals surface area (Å²) in [5, 5.41) is 6.71. The Morgan fingerprint density at radius 1 is 1.05 bits per heavy atom. The van der Waals surface area contributed by atoms with Gasteiger partial charge < -0.3 is 15.5 Å². The predicted octanol–water partition coefficient (Wildman–Crippen LogP) is 1.94.